The summed E-state index contributed by atoms with van der Waals surface area (Å²) in [6, 6.07) is 13.5. The Kier molecular flexibility index (Phi) is 3.58. The lowest BCUT2D eigenvalue weighted by atomic mass is 9.99. The molecule has 24 heavy (non-hydrogen) atoms. The maximum atomic E-state index is 12.0. The van der Waals surface area contributed by atoms with Crippen molar-refractivity contribution in [1.82, 2.24) is 4.98 Å². The molecule has 0 bridgehead atoms. The third-order valence-electron chi connectivity index (χ3n) is 4.54. The first-order valence-electron chi connectivity index (χ1n) is 7.94. The fraction of sp³-hybridized carbons (Fsp3) is 0.263. The van der Waals surface area contributed by atoms with E-state index < -0.39 is 0 Å². The highest BCUT2D eigenvalue weighted by Gasteiger charge is 2.27. The monoisotopic (exact) mass is 322 g/mol. The summed E-state index contributed by atoms with van der Waals surface area (Å²) in [5.74, 6) is 0.806. The van der Waals surface area contributed by atoms with Crippen LogP contribution < -0.4 is 10.5 Å². The van der Waals surface area contributed by atoms with Crippen LogP contribution in [0.1, 0.15) is 5.56 Å². The minimum Gasteiger partial charge on any atom is -0.404 e. The second-order valence-electron chi connectivity index (χ2n) is 6.08. The van der Waals surface area contributed by atoms with Crippen LogP contribution in [0.15, 0.2) is 51.7 Å². The van der Waals surface area contributed by atoms with E-state index in [1.165, 1.54) is 6.07 Å². The number of aryl methyl sites for hydroxylation is 1. The van der Waals surface area contributed by atoms with Crippen molar-refractivity contribution in [3.63, 3.8) is 0 Å². The number of aromatic nitrogens is 1. The zero-order chi connectivity index (χ0) is 16.7. The van der Waals surface area contributed by atoms with Crippen molar-refractivity contribution in [1.29, 1.82) is 0 Å². The molecule has 1 aromatic carbocycles. The first-order valence-corrected chi connectivity index (χ1v) is 7.94. The smallest absolute Gasteiger partial charge is 0.338 e. The van der Waals surface area contributed by atoms with Crippen LogP contribution in [0.3, 0.4) is 0 Å². The Morgan fingerprint density at radius 2 is 1.96 bits per heavy atom. The first-order chi connectivity index (χ1) is 11.7. The molecule has 3 heterocycles. The maximum Gasteiger partial charge on any atom is 0.338 e. The van der Waals surface area contributed by atoms with Crippen molar-refractivity contribution in [2.75, 3.05) is 25.1 Å². The molecule has 1 aliphatic heterocycles. The van der Waals surface area contributed by atoms with Gasteiger partial charge >= 0.3 is 5.63 Å². The summed E-state index contributed by atoms with van der Waals surface area (Å²) in [7, 11) is 1.71. The zero-order valence-corrected chi connectivity index (χ0v) is 13.7. The van der Waals surface area contributed by atoms with Gasteiger partial charge in [0.1, 0.15) is 5.82 Å². The van der Waals surface area contributed by atoms with E-state index in [1.54, 1.807) is 7.11 Å². The van der Waals surface area contributed by atoms with Gasteiger partial charge in [-0.25, -0.2) is 4.79 Å². The van der Waals surface area contributed by atoms with Crippen LogP contribution in [0.5, 0.6) is 0 Å². The highest BCUT2D eigenvalue weighted by Crippen LogP contribution is 2.31. The number of ether oxygens (including phenoxy) is 1. The summed E-state index contributed by atoms with van der Waals surface area (Å²) in [6.45, 7) is 3.63. The van der Waals surface area contributed by atoms with Crippen LogP contribution in [-0.4, -0.2) is 31.3 Å². The molecule has 1 aliphatic rings. The molecule has 0 amide bonds. The molecule has 5 heteroatoms. The molecule has 3 aromatic rings. The SMILES string of the molecule is COC1CN(c2ccc3c(-c4ccccc4C)cc(=O)oc3n2)C1. The third kappa shape index (κ3) is 2.47. The van der Waals surface area contributed by atoms with E-state index >= 15 is 0 Å². The van der Waals surface area contributed by atoms with E-state index in [1.807, 2.05) is 43.3 Å². The Morgan fingerprint density at radius 3 is 2.71 bits per heavy atom. The summed E-state index contributed by atoms with van der Waals surface area (Å²) in [5, 5.41) is 0.844. The molecule has 0 saturated carbocycles. The lowest BCUT2D eigenvalue weighted by Gasteiger charge is -2.38. The van der Waals surface area contributed by atoms with Crippen molar-refractivity contribution >= 4 is 16.9 Å². The minimum atomic E-state index is -0.385. The van der Waals surface area contributed by atoms with Crippen LogP contribution in [0.2, 0.25) is 0 Å². The van der Waals surface area contributed by atoms with E-state index in [0.29, 0.717) is 5.71 Å². The van der Waals surface area contributed by atoms with Gasteiger partial charge in [-0.15, -0.1) is 0 Å². The largest absolute Gasteiger partial charge is 0.404 e. The lowest BCUT2D eigenvalue weighted by Crippen LogP contribution is -2.52. The van der Waals surface area contributed by atoms with Crippen molar-refractivity contribution in [2.24, 2.45) is 0 Å². The van der Waals surface area contributed by atoms with Crippen molar-refractivity contribution in [2.45, 2.75) is 13.0 Å². The van der Waals surface area contributed by atoms with Crippen molar-refractivity contribution < 1.29 is 9.15 Å². The molecule has 1 fully saturated rings. The van der Waals surface area contributed by atoms with E-state index in [4.69, 9.17) is 9.15 Å². The maximum absolute atomic E-state index is 12.0. The summed E-state index contributed by atoms with van der Waals surface area (Å²) in [5.41, 5.74) is 2.98. The van der Waals surface area contributed by atoms with Gasteiger partial charge in [0.25, 0.3) is 0 Å². The number of anilines is 1. The van der Waals surface area contributed by atoms with Gasteiger partial charge in [0.05, 0.1) is 6.10 Å². The second kappa shape index (κ2) is 5.76. The van der Waals surface area contributed by atoms with E-state index in [2.05, 4.69) is 9.88 Å². The lowest BCUT2D eigenvalue weighted by molar-refractivity contribution is 0.0783. The molecule has 0 radical (unpaired) electrons. The van der Waals surface area contributed by atoms with E-state index in [-0.39, 0.29) is 11.7 Å². The van der Waals surface area contributed by atoms with Gasteiger partial charge in [0.2, 0.25) is 5.71 Å². The number of methoxy groups -OCH3 is 1. The van der Waals surface area contributed by atoms with Gasteiger partial charge in [0, 0.05) is 37.2 Å². The number of rotatable bonds is 3. The van der Waals surface area contributed by atoms with Crippen molar-refractivity contribution in [3.8, 4) is 11.1 Å². The number of nitrogens with zero attached hydrogens (tertiary/aromatic N) is 2. The Hall–Kier alpha value is -2.66. The average molecular weight is 322 g/mol. The minimum absolute atomic E-state index is 0.243. The molecule has 0 N–H and O–H groups in total. The fourth-order valence-corrected chi connectivity index (χ4v) is 3.08. The topological polar surface area (TPSA) is 55.6 Å². The fourth-order valence-electron chi connectivity index (χ4n) is 3.08. The molecule has 5 nitrogen and oxygen atoms in total. The Morgan fingerprint density at radius 1 is 1.17 bits per heavy atom. The highest BCUT2D eigenvalue weighted by molar-refractivity contribution is 5.93. The highest BCUT2D eigenvalue weighted by atomic mass is 16.5. The van der Waals surface area contributed by atoms with Gasteiger partial charge in [-0.05, 0) is 30.2 Å². The first kappa shape index (κ1) is 14.9. The quantitative estimate of drug-likeness (QED) is 0.742. The normalized spacial score (nSPS) is 14.8. The van der Waals surface area contributed by atoms with Gasteiger partial charge in [-0.1, -0.05) is 24.3 Å². The molecule has 1 saturated heterocycles. The molecule has 2 aromatic heterocycles. The van der Waals surface area contributed by atoms with Crippen LogP contribution in [0, 0.1) is 6.92 Å². The molecular formula is C19H18N2O3. The molecule has 0 atom stereocenters. The van der Waals surface area contributed by atoms with Crippen LogP contribution in [-0.2, 0) is 4.74 Å². The van der Waals surface area contributed by atoms with Crippen LogP contribution in [0.25, 0.3) is 22.2 Å². The standard InChI is InChI=1S/C19H18N2O3/c1-12-5-3-4-6-14(12)16-9-18(22)24-19-15(16)7-8-17(20-19)21-10-13(11-21)23-2/h3-9,13H,10-11H2,1-2H3. The summed E-state index contributed by atoms with van der Waals surface area (Å²) in [6.07, 6.45) is 0.243. The van der Waals surface area contributed by atoms with Gasteiger partial charge < -0.3 is 14.1 Å². The summed E-state index contributed by atoms with van der Waals surface area (Å²) in [4.78, 5) is 18.7. The Bertz CT molecular complexity index is 958. The van der Waals surface area contributed by atoms with E-state index in [9.17, 15) is 4.79 Å². The molecule has 4 rings (SSSR count). The predicted octanol–water partition coefficient (Wildman–Crippen LogP) is 3.00. The van der Waals surface area contributed by atoms with Gasteiger partial charge in [-0.3, -0.25) is 0 Å². The molecular weight excluding hydrogens is 304 g/mol. The zero-order valence-electron chi connectivity index (χ0n) is 13.7. The second-order valence-corrected chi connectivity index (χ2v) is 6.08. The summed E-state index contributed by atoms with van der Waals surface area (Å²) < 4.78 is 10.6. The molecule has 0 aliphatic carbocycles. The van der Waals surface area contributed by atoms with Crippen LogP contribution in [0.4, 0.5) is 5.82 Å². The van der Waals surface area contributed by atoms with Gasteiger partial charge in [-0.2, -0.15) is 4.98 Å². The average Bonchev–Trinajstić information content (AvgIpc) is 2.53. The van der Waals surface area contributed by atoms with Crippen LogP contribution >= 0.6 is 0 Å². The molecule has 0 spiro atoms. The number of hydrogen-bond acceptors (Lipinski definition) is 5. The Balaban J connectivity index is 1.82. The number of fused-ring (bicyclic) bond motifs is 1. The number of benzene rings is 1. The van der Waals surface area contributed by atoms with Gasteiger partial charge in [0.15, 0.2) is 0 Å². The predicted molar refractivity (Wildman–Crippen MR) is 93.5 cm³/mol. The molecule has 0 unspecified atom stereocenters. The van der Waals surface area contributed by atoms with E-state index in [0.717, 1.165) is 41.0 Å². The third-order valence-corrected chi connectivity index (χ3v) is 4.54. The number of hydrogen-bond donors (Lipinski definition) is 0. The molecule has 122 valence electrons. The Labute approximate surface area is 139 Å². The number of pyridine rings is 1. The van der Waals surface area contributed by atoms with Crippen molar-refractivity contribution in [3.05, 3.63) is 58.4 Å². The summed E-state index contributed by atoms with van der Waals surface area (Å²) >= 11 is 0.